The summed E-state index contributed by atoms with van der Waals surface area (Å²) in [6.07, 6.45) is -0.254. The van der Waals surface area contributed by atoms with Crippen LogP contribution in [0.3, 0.4) is 0 Å². The van der Waals surface area contributed by atoms with E-state index in [9.17, 15) is 42.3 Å². The molecule has 1 heterocycles. The summed E-state index contributed by atoms with van der Waals surface area (Å²) >= 11 is 0. The Kier molecular flexibility index (Phi) is 13.8. The van der Waals surface area contributed by atoms with Gasteiger partial charge in [-0.2, -0.15) is 0 Å². The van der Waals surface area contributed by atoms with Gasteiger partial charge in [0, 0.05) is 24.5 Å². The maximum atomic E-state index is 13.6. The molecule has 50 heavy (non-hydrogen) atoms. The Bertz CT molecular complexity index is 1700. The third-order valence-corrected chi connectivity index (χ3v) is 6.55. The lowest BCUT2D eigenvalue weighted by molar-refractivity contribution is -0.165. The molecular formula is C34H42F3N5O8. The third kappa shape index (κ3) is 12.7. The maximum absolute atomic E-state index is 13.6. The Morgan fingerprint density at radius 3 is 2.04 bits per heavy atom. The molecule has 0 aliphatic carbocycles. The molecule has 16 heteroatoms. The van der Waals surface area contributed by atoms with Gasteiger partial charge in [-0.3, -0.25) is 14.6 Å². The number of rotatable bonds is 11. The predicted molar refractivity (Wildman–Crippen MR) is 176 cm³/mol. The first-order valence-corrected chi connectivity index (χ1v) is 15.3. The van der Waals surface area contributed by atoms with Crippen molar-refractivity contribution in [3.05, 3.63) is 77.2 Å². The number of amides is 3. The van der Waals surface area contributed by atoms with Crippen LogP contribution in [0.1, 0.15) is 70.3 Å². The molecule has 1 aromatic heterocycles. The van der Waals surface area contributed by atoms with E-state index >= 15 is 0 Å². The molecule has 0 saturated heterocycles. The number of ether oxygens (including phenoxy) is 2. The number of esters is 1. The van der Waals surface area contributed by atoms with Crippen molar-refractivity contribution in [1.29, 1.82) is 0 Å². The molecule has 0 fully saturated rings. The fourth-order valence-electron chi connectivity index (χ4n) is 4.20. The number of hydrogen-bond donors (Lipinski definition) is 5. The Morgan fingerprint density at radius 1 is 0.920 bits per heavy atom. The van der Waals surface area contributed by atoms with Gasteiger partial charge in [0.05, 0.1) is 11.1 Å². The first-order valence-electron chi connectivity index (χ1n) is 15.3. The van der Waals surface area contributed by atoms with Gasteiger partial charge in [0.2, 0.25) is 5.91 Å². The Labute approximate surface area is 286 Å². The smallest absolute Gasteiger partial charge is 0.407 e. The van der Waals surface area contributed by atoms with E-state index in [0.717, 1.165) is 10.9 Å². The van der Waals surface area contributed by atoms with Gasteiger partial charge >= 0.3 is 18.0 Å². The van der Waals surface area contributed by atoms with Crippen LogP contribution in [0.5, 0.6) is 0 Å². The summed E-state index contributed by atoms with van der Waals surface area (Å²) < 4.78 is 50.7. The van der Waals surface area contributed by atoms with E-state index in [1.807, 2.05) is 24.3 Å². The van der Waals surface area contributed by atoms with E-state index in [0.29, 0.717) is 17.7 Å². The molecule has 0 bridgehead atoms. The van der Waals surface area contributed by atoms with E-state index in [2.05, 4.69) is 15.6 Å². The highest BCUT2D eigenvalue weighted by atomic mass is 19.2. The molecule has 0 radical (unpaired) electrons. The van der Waals surface area contributed by atoms with Crippen molar-refractivity contribution < 1.29 is 51.7 Å². The molecule has 3 rings (SSSR count). The van der Waals surface area contributed by atoms with Gasteiger partial charge < -0.3 is 36.7 Å². The summed E-state index contributed by atoms with van der Waals surface area (Å²) in [6.45, 7) is 9.55. The van der Waals surface area contributed by atoms with Gasteiger partial charge in [-0.1, -0.05) is 18.2 Å². The van der Waals surface area contributed by atoms with Crippen LogP contribution in [0.2, 0.25) is 0 Å². The Balaban J connectivity index is 0.000000548. The zero-order valence-electron chi connectivity index (χ0n) is 28.6. The minimum atomic E-state index is -2.38. The van der Waals surface area contributed by atoms with E-state index in [1.165, 1.54) is 27.0 Å². The van der Waals surface area contributed by atoms with Crippen LogP contribution < -0.4 is 22.1 Å². The summed E-state index contributed by atoms with van der Waals surface area (Å²) in [5, 5.41) is 15.0. The van der Waals surface area contributed by atoms with Crippen molar-refractivity contribution in [3.8, 4) is 0 Å². The monoisotopic (exact) mass is 705 g/mol. The van der Waals surface area contributed by atoms with E-state index < -0.39 is 76.5 Å². The minimum Gasteiger partial charge on any atom is -0.480 e. The number of nitrogens with one attached hydrogen (secondary N) is 2. The average Bonchev–Trinajstić information content (AvgIpc) is 2.99. The van der Waals surface area contributed by atoms with Crippen molar-refractivity contribution in [2.45, 2.75) is 83.6 Å². The highest BCUT2D eigenvalue weighted by molar-refractivity contribution is 6.08. The predicted octanol–water partition coefficient (Wildman–Crippen LogP) is 3.89. The molecule has 2 aromatic carbocycles. The van der Waals surface area contributed by atoms with Crippen LogP contribution >= 0.6 is 0 Å². The van der Waals surface area contributed by atoms with Crippen LogP contribution in [0.15, 0.2) is 48.7 Å². The number of benzene rings is 2. The van der Waals surface area contributed by atoms with Crippen LogP contribution in [-0.2, 0) is 30.3 Å². The van der Waals surface area contributed by atoms with Crippen LogP contribution in [0, 0.1) is 17.5 Å². The van der Waals surface area contributed by atoms with Gasteiger partial charge in [0.1, 0.15) is 17.2 Å². The number of aliphatic carboxylic acids is 1. The summed E-state index contributed by atoms with van der Waals surface area (Å²) in [5.41, 5.74) is 8.13. The molecule has 0 spiro atoms. The third-order valence-electron chi connectivity index (χ3n) is 6.55. The first-order chi connectivity index (χ1) is 23.0. The SMILES string of the molecule is CC(C)(C)OC(=O)NCCC[C@](N)(C(=O)N[C@H](Cc1cc(F)c(F)c(F)c1)C(=O)O)C(=O)OC(C)(C)C.NC(=O)c1cnc2ccccc2c1. The fourth-order valence-corrected chi connectivity index (χ4v) is 4.20. The number of nitrogens with two attached hydrogens (primary N) is 2. The number of nitrogens with zero attached hydrogens (tertiary/aromatic N) is 1. The van der Waals surface area contributed by atoms with E-state index in [-0.39, 0.29) is 24.9 Å². The van der Waals surface area contributed by atoms with Crippen molar-refractivity contribution in [1.82, 2.24) is 15.6 Å². The number of fused-ring (bicyclic) bond motifs is 1. The van der Waals surface area contributed by atoms with Gasteiger partial charge in [-0.05, 0) is 84.2 Å². The van der Waals surface area contributed by atoms with Crippen LogP contribution in [0.4, 0.5) is 18.0 Å². The lowest BCUT2D eigenvalue weighted by atomic mass is 9.92. The standard InChI is InChI=1S/C24H34F3N3O7.C10H8N2O/c1-22(2,3)36-20(34)24(28,8-7-9-29-21(35)37-23(4,5)6)19(33)30-16(18(31)32)12-13-10-14(25)17(27)15(26)11-13;11-10(13)8-5-7-3-1-2-4-9(7)12-6-8/h10-11,16H,7-9,12,28H2,1-6H3,(H,29,35)(H,30,33)(H,31,32);1-6H,(H2,11,13)/t16-,24+;/m1./s1. The second-order valence-corrected chi connectivity index (χ2v) is 13.2. The molecule has 0 aliphatic rings. The quantitative estimate of drug-likeness (QED) is 0.0840. The second kappa shape index (κ2) is 16.9. The van der Waals surface area contributed by atoms with E-state index in [1.54, 1.807) is 26.8 Å². The number of halogens is 3. The van der Waals surface area contributed by atoms with Crippen molar-refractivity contribution >= 4 is 40.7 Å². The number of para-hydroxylation sites is 1. The topological polar surface area (TPSA) is 213 Å². The highest BCUT2D eigenvalue weighted by Crippen LogP contribution is 2.20. The molecule has 3 aromatic rings. The van der Waals surface area contributed by atoms with Crippen molar-refractivity contribution in [3.63, 3.8) is 0 Å². The number of carboxylic acids is 1. The number of alkyl carbamates (subject to hydrolysis) is 1. The molecule has 2 atom stereocenters. The largest absolute Gasteiger partial charge is 0.480 e. The molecule has 7 N–H and O–H groups in total. The van der Waals surface area contributed by atoms with E-state index in [4.69, 9.17) is 20.9 Å². The normalized spacial score (nSPS) is 13.2. The number of primary amides is 1. The number of pyridine rings is 1. The lowest BCUT2D eigenvalue weighted by Crippen LogP contribution is -2.63. The zero-order valence-corrected chi connectivity index (χ0v) is 28.6. The maximum Gasteiger partial charge on any atom is 0.407 e. The van der Waals surface area contributed by atoms with Crippen molar-refractivity contribution in [2.24, 2.45) is 11.5 Å². The number of carboxylic acid groups (broad SMARTS) is 1. The second-order valence-electron chi connectivity index (χ2n) is 13.2. The lowest BCUT2D eigenvalue weighted by Gasteiger charge is -2.31. The minimum absolute atomic E-state index is 0.00543. The van der Waals surface area contributed by atoms with Crippen molar-refractivity contribution in [2.75, 3.05) is 6.54 Å². The molecule has 3 amide bonds. The molecular weight excluding hydrogens is 663 g/mol. The zero-order chi connectivity index (χ0) is 38.0. The molecule has 13 nitrogen and oxygen atoms in total. The number of carbonyl (C=O) groups is 5. The van der Waals surface area contributed by atoms with Gasteiger partial charge in [0.25, 0.3) is 5.91 Å². The number of aromatic nitrogens is 1. The fraction of sp³-hybridized carbons (Fsp3) is 0.412. The molecule has 0 saturated carbocycles. The van der Waals surface area contributed by atoms with Gasteiger partial charge in [0.15, 0.2) is 23.0 Å². The van der Waals surface area contributed by atoms with Crippen LogP contribution in [0.25, 0.3) is 10.9 Å². The van der Waals surface area contributed by atoms with Gasteiger partial charge in [-0.15, -0.1) is 0 Å². The molecule has 0 aliphatic heterocycles. The molecule has 0 unspecified atom stereocenters. The molecule has 272 valence electrons. The number of carbonyl (C=O) groups excluding carboxylic acids is 4. The summed E-state index contributed by atoms with van der Waals surface area (Å²) in [7, 11) is 0. The highest BCUT2D eigenvalue weighted by Gasteiger charge is 2.46. The summed E-state index contributed by atoms with van der Waals surface area (Å²) in [4.78, 5) is 64.5. The number of hydrogen-bond acceptors (Lipinski definition) is 9. The van der Waals surface area contributed by atoms with Crippen LogP contribution in [-0.4, -0.2) is 69.3 Å². The first kappa shape index (κ1) is 40.9. The Morgan fingerprint density at radius 2 is 1.50 bits per heavy atom. The van der Waals surface area contributed by atoms with Gasteiger partial charge in [-0.25, -0.2) is 27.6 Å². The summed E-state index contributed by atoms with van der Waals surface area (Å²) in [6, 6.07) is 8.73. The Hall–Kier alpha value is -5.25. The summed E-state index contributed by atoms with van der Waals surface area (Å²) in [5.74, 6) is -9.23. The average molecular weight is 706 g/mol.